The van der Waals surface area contributed by atoms with Crippen LogP contribution in [0.2, 0.25) is 0 Å². The third kappa shape index (κ3) is 5.12. The second-order valence-corrected chi connectivity index (χ2v) is 5.69. The number of rotatable bonds is 7. The minimum Gasteiger partial charge on any atom is -0.483 e. The summed E-state index contributed by atoms with van der Waals surface area (Å²) in [5.74, 6) is -0.676. The van der Waals surface area contributed by atoms with Gasteiger partial charge in [0.15, 0.2) is 6.61 Å². The molecule has 0 saturated heterocycles. The van der Waals surface area contributed by atoms with E-state index in [9.17, 15) is 9.59 Å². The van der Waals surface area contributed by atoms with Crippen LogP contribution in [-0.4, -0.2) is 23.6 Å². The van der Waals surface area contributed by atoms with Crippen LogP contribution in [-0.2, 0) is 9.59 Å². The Bertz CT molecular complexity index is 713. The van der Waals surface area contributed by atoms with Crippen LogP contribution in [0.5, 0.6) is 5.75 Å². The Labute approximate surface area is 141 Å². The molecule has 126 valence electrons. The Morgan fingerprint density at radius 1 is 1.12 bits per heavy atom. The monoisotopic (exact) mass is 327 g/mol. The highest BCUT2D eigenvalue weighted by molar-refractivity contribution is 5.79. The Hall–Kier alpha value is -2.82. The van der Waals surface area contributed by atoms with E-state index < -0.39 is 12.0 Å². The Balaban J connectivity index is 2.00. The molecule has 0 spiro atoms. The zero-order valence-corrected chi connectivity index (χ0v) is 13.8. The van der Waals surface area contributed by atoms with Crippen molar-refractivity contribution in [1.29, 1.82) is 0 Å². The van der Waals surface area contributed by atoms with E-state index >= 15 is 0 Å². The van der Waals surface area contributed by atoms with E-state index in [4.69, 9.17) is 9.84 Å². The number of carboxylic acid groups (broad SMARTS) is 1. The lowest BCUT2D eigenvalue weighted by Gasteiger charge is -2.18. The highest BCUT2D eigenvalue weighted by atomic mass is 16.5. The molecule has 0 aliphatic carbocycles. The molecule has 0 fully saturated rings. The summed E-state index contributed by atoms with van der Waals surface area (Å²) in [5, 5.41) is 11.8. The number of ether oxygens (including phenoxy) is 1. The van der Waals surface area contributed by atoms with Crippen molar-refractivity contribution in [2.45, 2.75) is 26.3 Å². The van der Waals surface area contributed by atoms with Crippen molar-refractivity contribution in [2.75, 3.05) is 6.61 Å². The summed E-state index contributed by atoms with van der Waals surface area (Å²) < 4.78 is 5.56. The molecule has 2 N–H and O–H groups in total. The van der Waals surface area contributed by atoms with Gasteiger partial charge in [-0.05, 0) is 36.6 Å². The summed E-state index contributed by atoms with van der Waals surface area (Å²) in [7, 11) is 0. The van der Waals surface area contributed by atoms with Crippen molar-refractivity contribution in [2.24, 2.45) is 0 Å². The fourth-order valence-electron chi connectivity index (χ4n) is 2.35. The number of carbonyl (C=O) groups excluding carboxylic acids is 1. The SMILES string of the molecule is Cc1ccc(C)c(OCC(=O)NC(CC(=O)O)c2ccccc2)c1. The largest absolute Gasteiger partial charge is 0.483 e. The molecule has 0 aromatic heterocycles. The van der Waals surface area contributed by atoms with Crippen molar-refractivity contribution in [3.8, 4) is 5.75 Å². The van der Waals surface area contributed by atoms with Crippen LogP contribution in [0.4, 0.5) is 0 Å². The molecule has 1 unspecified atom stereocenters. The van der Waals surface area contributed by atoms with Crippen LogP contribution < -0.4 is 10.1 Å². The Kier molecular flexibility index (Phi) is 5.95. The van der Waals surface area contributed by atoms with Crippen LogP contribution in [0.3, 0.4) is 0 Å². The second kappa shape index (κ2) is 8.15. The maximum atomic E-state index is 12.1. The van der Waals surface area contributed by atoms with Crippen molar-refractivity contribution in [3.05, 3.63) is 65.2 Å². The van der Waals surface area contributed by atoms with Gasteiger partial charge in [0.05, 0.1) is 12.5 Å². The maximum Gasteiger partial charge on any atom is 0.305 e. The van der Waals surface area contributed by atoms with E-state index in [1.165, 1.54) is 0 Å². The number of carboxylic acids is 1. The molecule has 1 atom stereocenters. The fraction of sp³-hybridized carbons (Fsp3) is 0.263. The van der Waals surface area contributed by atoms with Gasteiger partial charge in [-0.25, -0.2) is 0 Å². The normalized spacial score (nSPS) is 11.6. The lowest BCUT2D eigenvalue weighted by Crippen LogP contribution is -2.33. The molecule has 5 heteroatoms. The van der Waals surface area contributed by atoms with Gasteiger partial charge in [-0.3, -0.25) is 9.59 Å². The van der Waals surface area contributed by atoms with Gasteiger partial charge in [-0.15, -0.1) is 0 Å². The molecule has 0 bridgehead atoms. The van der Waals surface area contributed by atoms with E-state index in [2.05, 4.69) is 5.32 Å². The molecular formula is C19H21NO4. The Morgan fingerprint density at radius 3 is 2.50 bits per heavy atom. The van der Waals surface area contributed by atoms with Gasteiger partial charge in [0, 0.05) is 0 Å². The molecule has 0 aliphatic rings. The molecule has 2 aromatic rings. The van der Waals surface area contributed by atoms with E-state index in [0.717, 1.165) is 16.7 Å². The highest BCUT2D eigenvalue weighted by Gasteiger charge is 2.18. The third-order valence-electron chi connectivity index (χ3n) is 3.62. The molecule has 2 rings (SSSR count). The first-order chi connectivity index (χ1) is 11.5. The number of nitrogens with one attached hydrogen (secondary N) is 1. The molecule has 2 aromatic carbocycles. The van der Waals surface area contributed by atoms with Gasteiger partial charge in [-0.2, -0.15) is 0 Å². The second-order valence-electron chi connectivity index (χ2n) is 5.69. The van der Waals surface area contributed by atoms with Crippen molar-refractivity contribution >= 4 is 11.9 Å². The quantitative estimate of drug-likeness (QED) is 0.819. The molecule has 5 nitrogen and oxygen atoms in total. The van der Waals surface area contributed by atoms with E-state index in [1.54, 1.807) is 12.1 Å². The van der Waals surface area contributed by atoms with Crippen molar-refractivity contribution in [1.82, 2.24) is 5.32 Å². The number of carbonyl (C=O) groups is 2. The summed E-state index contributed by atoms with van der Waals surface area (Å²) in [6.45, 7) is 3.70. The summed E-state index contributed by atoms with van der Waals surface area (Å²) in [6, 6.07) is 14.2. The van der Waals surface area contributed by atoms with Gasteiger partial charge in [-0.1, -0.05) is 42.5 Å². The average Bonchev–Trinajstić information content (AvgIpc) is 2.55. The minimum atomic E-state index is -0.973. The number of aryl methyl sites for hydroxylation is 2. The van der Waals surface area contributed by atoms with Crippen LogP contribution in [0.1, 0.15) is 29.2 Å². The maximum absolute atomic E-state index is 12.1. The predicted molar refractivity (Wildman–Crippen MR) is 91.0 cm³/mol. The number of amides is 1. The summed E-state index contributed by atoms with van der Waals surface area (Å²) >= 11 is 0. The van der Waals surface area contributed by atoms with Gasteiger partial charge in [0.2, 0.25) is 0 Å². The summed E-state index contributed by atoms with van der Waals surface area (Å²) in [5.41, 5.74) is 2.74. The number of aliphatic carboxylic acids is 1. The zero-order valence-electron chi connectivity index (χ0n) is 13.8. The molecule has 0 radical (unpaired) electrons. The molecule has 0 saturated carbocycles. The number of hydrogen-bond acceptors (Lipinski definition) is 3. The van der Waals surface area contributed by atoms with E-state index in [0.29, 0.717) is 5.75 Å². The van der Waals surface area contributed by atoms with E-state index in [-0.39, 0.29) is 18.9 Å². The third-order valence-corrected chi connectivity index (χ3v) is 3.62. The first-order valence-corrected chi connectivity index (χ1v) is 7.72. The van der Waals surface area contributed by atoms with Crippen LogP contribution in [0.25, 0.3) is 0 Å². The number of hydrogen-bond donors (Lipinski definition) is 2. The molecule has 0 heterocycles. The fourth-order valence-corrected chi connectivity index (χ4v) is 2.35. The van der Waals surface area contributed by atoms with Crippen LogP contribution in [0.15, 0.2) is 48.5 Å². The van der Waals surface area contributed by atoms with Gasteiger partial charge >= 0.3 is 5.97 Å². The van der Waals surface area contributed by atoms with Crippen molar-refractivity contribution < 1.29 is 19.4 Å². The lowest BCUT2D eigenvalue weighted by atomic mass is 10.0. The van der Waals surface area contributed by atoms with E-state index in [1.807, 2.05) is 50.2 Å². The predicted octanol–water partition coefficient (Wildman–Crippen LogP) is 3.01. The topological polar surface area (TPSA) is 75.6 Å². The first kappa shape index (κ1) is 17.5. The molecule has 24 heavy (non-hydrogen) atoms. The molecule has 0 aliphatic heterocycles. The smallest absolute Gasteiger partial charge is 0.305 e. The number of benzene rings is 2. The summed E-state index contributed by atoms with van der Waals surface area (Å²) in [6.07, 6.45) is -0.181. The zero-order chi connectivity index (χ0) is 17.5. The summed E-state index contributed by atoms with van der Waals surface area (Å²) in [4.78, 5) is 23.2. The lowest BCUT2D eigenvalue weighted by molar-refractivity contribution is -0.137. The highest BCUT2D eigenvalue weighted by Crippen LogP contribution is 2.19. The van der Waals surface area contributed by atoms with Crippen molar-refractivity contribution in [3.63, 3.8) is 0 Å². The van der Waals surface area contributed by atoms with Gasteiger partial charge in [0.1, 0.15) is 5.75 Å². The van der Waals surface area contributed by atoms with Crippen LogP contribution in [0, 0.1) is 13.8 Å². The van der Waals surface area contributed by atoms with Gasteiger partial charge < -0.3 is 15.2 Å². The van der Waals surface area contributed by atoms with Gasteiger partial charge in [0.25, 0.3) is 5.91 Å². The molecule has 1 amide bonds. The standard InChI is InChI=1S/C19H21NO4/c1-13-8-9-14(2)17(10-13)24-12-18(21)20-16(11-19(22)23)15-6-4-3-5-7-15/h3-10,16H,11-12H2,1-2H3,(H,20,21)(H,22,23). The minimum absolute atomic E-state index is 0.159. The first-order valence-electron chi connectivity index (χ1n) is 7.72. The average molecular weight is 327 g/mol. The van der Waals surface area contributed by atoms with Crippen LogP contribution >= 0.6 is 0 Å². The molecular weight excluding hydrogens is 306 g/mol. The Morgan fingerprint density at radius 2 is 1.83 bits per heavy atom.